The van der Waals surface area contributed by atoms with Crippen molar-refractivity contribution in [3.8, 4) is 22.8 Å². The minimum Gasteiger partial charge on any atom is -0.310 e. The van der Waals surface area contributed by atoms with Crippen LogP contribution in [0.15, 0.2) is 89.9 Å². The van der Waals surface area contributed by atoms with Crippen LogP contribution in [-0.2, 0) is 11.2 Å². The highest BCUT2D eigenvalue weighted by molar-refractivity contribution is 5.92. The van der Waals surface area contributed by atoms with Crippen LogP contribution in [0.3, 0.4) is 0 Å². The van der Waals surface area contributed by atoms with Gasteiger partial charge in [-0.2, -0.15) is 19.9 Å². The molecule has 1 amide bonds. The third-order valence-corrected chi connectivity index (χ3v) is 6.89. The van der Waals surface area contributed by atoms with Gasteiger partial charge in [0.2, 0.25) is 11.9 Å². The molecule has 0 aliphatic carbocycles. The molecular weight excluding hydrogens is 502 g/mol. The van der Waals surface area contributed by atoms with Crippen molar-refractivity contribution in [2.45, 2.75) is 27.2 Å². The Morgan fingerprint density at radius 1 is 0.875 bits per heavy atom. The summed E-state index contributed by atoms with van der Waals surface area (Å²) in [5, 5.41) is 12.2. The summed E-state index contributed by atoms with van der Waals surface area (Å²) in [6, 6.07) is 25.7. The van der Waals surface area contributed by atoms with Crippen molar-refractivity contribution in [1.82, 2.24) is 29.5 Å². The van der Waals surface area contributed by atoms with E-state index in [0.29, 0.717) is 22.5 Å². The Hall–Kier alpha value is -5.31. The first-order valence-corrected chi connectivity index (χ1v) is 12.9. The SMILES string of the molecule is Cc1cc(NC(=O)Cc2ccc(-c3ccccc3)cc2)n(-c2nc3c(cnn3-c3ccc(C)c(C)c3)c(=O)[nH]2)n1. The summed E-state index contributed by atoms with van der Waals surface area (Å²) in [5.74, 6) is 0.374. The molecule has 0 saturated carbocycles. The van der Waals surface area contributed by atoms with E-state index in [1.54, 1.807) is 10.7 Å². The highest BCUT2D eigenvalue weighted by atomic mass is 16.1. The first kappa shape index (κ1) is 25.0. The molecule has 3 aromatic carbocycles. The number of carbonyl (C=O) groups excluding carboxylic acids is 1. The number of benzene rings is 3. The van der Waals surface area contributed by atoms with Crippen LogP contribution in [0, 0.1) is 20.8 Å². The number of rotatable bonds is 6. The number of hydrogen-bond acceptors (Lipinski definition) is 5. The van der Waals surface area contributed by atoms with Gasteiger partial charge < -0.3 is 5.32 Å². The van der Waals surface area contributed by atoms with E-state index < -0.39 is 0 Å². The van der Waals surface area contributed by atoms with Crippen LogP contribution >= 0.6 is 0 Å². The van der Waals surface area contributed by atoms with E-state index in [9.17, 15) is 9.59 Å². The first-order valence-electron chi connectivity index (χ1n) is 12.9. The molecule has 3 aromatic heterocycles. The summed E-state index contributed by atoms with van der Waals surface area (Å²) in [5.41, 5.74) is 6.85. The minimum absolute atomic E-state index is 0.179. The Kier molecular flexibility index (Phi) is 6.31. The number of amides is 1. The summed E-state index contributed by atoms with van der Waals surface area (Å²) in [4.78, 5) is 33.5. The van der Waals surface area contributed by atoms with Gasteiger partial charge in [-0.1, -0.05) is 60.7 Å². The van der Waals surface area contributed by atoms with Crippen LogP contribution in [0.5, 0.6) is 0 Å². The van der Waals surface area contributed by atoms with Gasteiger partial charge in [0.25, 0.3) is 5.56 Å². The highest BCUT2D eigenvalue weighted by Gasteiger charge is 2.17. The zero-order chi connectivity index (χ0) is 27.8. The third kappa shape index (κ3) is 4.80. The number of hydrogen-bond donors (Lipinski definition) is 2. The number of aromatic nitrogens is 6. The second kappa shape index (κ2) is 10.1. The van der Waals surface area contributed by atoms with Gasteiger partial charge in [0, 0.05) is 6.07 Å². The van der Waals surface area contributed by atoms with Crippen molar-refractivity contribution in [3.05, 3.63) is 118 Å². The molecule has 0 spiro atoms. The smallest absolute Gasteiger partial charge is 0.263 e. The van der Waals surface area contributed by atoms with Gasteiger partial charge in [-0.15, -0.1) is 0 Å². The van der Waals surface area contributed by atoms with Crippen molar-refractivity contribution >= 4 is 22.8 Å². The van der Waals surface area contributed by atoms with Crippen LogP contribution < -0.4 is 10.9 Å². The lowest BCUT2D eigenvalue weighted by Gasteiger charge is -2.10. The molecule has 0 atom stereocenters. The predicted octanol–water partition coefficient (Wildman–Crippen LogP) is 5.07. The van der Waals surface area contributed by atoms with Crippen LogP contribution in [0.25, 0.3) is 33.8 Å². The maximum absolute atomic E-state index is 13.0. The van der Waals surface area contributed by atoms with Crippen LogP contribution in [0.4, 0.5) is 5.82 Å². The number of anilines is 1. The van der Waals surface area contributed by atoms with E-state index >= 15 is 0 Å². The maximum Gasteiger partial charge on any atom is 0.263 e. The standard InChI is InChI=1S/C31H27N7O2/c1-19-9-14-25(15-20(19)2)37-29-26(18-32-37)30(40)35-31(34-29)38-27(16-21(3)36-38)33-28(39)17-22-10-12-24(13-11-22)23-7-5-4-6-8-23/h4-16,18H,17H2,1-3H3,(H,33,39)(H,34,35,40). The summed E-state index contributed by atoms with van der Waals surface area (Å²) in [6.45, 7) is 5.87. The molecule has 0 saturated heterocycles. The van der Waals surface area contributed by atoms with E-state index in [4.69, 9.17) is 4.98 Å². The molecule has 2 N–H and O–H groups in total. The molecule has 3 heterocycles. The van der Waals surface area contributed by atoms with Crippen LogP contribution in [-0.4, -0.2) is 35.4 Å². The molecule has 0 unspecified atom stereocenters. The van der Waals surface area contributed by atoms with Gasteiger partial charge in [-0.3, -0.25) is 14.6 Å². The Bertz CT molecular complexity index is 1920. The van der Waals surface area contributed by atoms with Gasteiger partial charge in [-0.05, 0) is 60.7 Å². The van der Waals surface area contributed by atoms with E-state index in [0.717, 1.165) is 33.5 Å². The number of aryl methyl sites for hydroxylation is 3. The fraction of sp³-hybridized carbons (Fsp3) is 0.129. The second-order valence-electron chi connectivity index (χ2n) is 9.82. The van der Waals surface area contributed by atoms with Crippen molar-refractivity contribution in [3.63, 3.8) is 0 Å². The molecule has 0 bridgehead atoms. The minimum atomic E-state index is -0.348. The number of fused-ring (bicyclic) bond motifs is 1. The number of carbonyl (C=O) groups is 1. The molecule has 9 heteroatoms. The quantitative estimate of drug-likeness (QED) is 0.313. The molecule has 6 rings (SSSR count). The van der Waals surface area contributed by atoms with Gasteiger partial charge >= 0.3 is 0 Å². The van der Waals surface area contributed by atoms with Gasteiger partial charge in [0.15, 0.2) is 5.65 Å². The maximum atomic E-state index is 13.0. The largest absolute Gasteiger partial charge is 0.310 e. The molecule has 6 aromatic rings. The summed E-state index contributed by atoms with van der Waals surface area (Å²) >= 11 is 0. The zero-order valence-electron chi connectivity index (χ0n) is 22.3. The van der Waals surface area contributed by atoms with Crippen molar-refractivity contribution in [1.29, 1.82) is 0 Å². The summed E-state index contributed by atoms with van der Waals surface area (Å²) in [6.07, 6.45) is 1.68. The Morgan fingerprint density at radius 2 is 1.62 bits per heavy atom. The molecule has 198 valence electrons. The monoisotopic (exact) mass is 529 g/mol. The van der Waals surface area contributed by atoms with Crippen molar-refractivity contribution in [2.24, 2.45) is 0 Å². The first-order chi connectivity index (χ1) is 19.4. The number of H-pyrrole nitrogens is 1. The van der Waals surface area contributed by atoms with E-state index in [-0.39, 0.29) is 23.8 Å². The normalized spacial score (nSPS) is 11.2. The highest BCUT2D eigenvalue weighted by Crippen LogP contribution is 2.21. The fourth-order valence-corrected chi connectivity index (χ4v) is 4.62. The van der Waals surface area contributed by atoms with Crippen molar-refractivity contribution < 1.29 is 4.79 Å². The lowest BCUT2D eigenvalue weighted by Crippen LogP contribution is -2.20. The molecular formula is C31H27N7O2. The third-order valence-electron chi connectivity index (χ3n) is 6.89. The number of aromatic amines is 1. The fourth-order valence-electron chi connectivity index (χ4n) is 4.62. The topological polar surface area (TPSA) is 110 Å². The number of nitrogens with one attached hydrogen (secondary N) is 2. The molecule has 0 radical (unpaired) electrons. The molecule has 40 heavy (non-hydrogen) atoms. The van der Waals surface area contributed by atoms with Gasteiger partial charge in [0.1, 0.15) is 11.2 Å². The lowest BCUT2D eigenvalue weighted by atomic mass is 10.0. The molecule has 9 nitrogen and oxygen atoms in total. The molecule has 0 aliphatic heterocycles. The number of nitrogens with zero attached hydrogens (tertiary/aromatic N) is 5. The predicted molar refractivity (Wildman–Crippen MR) is 155 cm³/mol. The summed E-state index contributed by atoms with van der Waals surface area (Å²) < 4.78 is 3.07. The zero-order valence-corrected chi connectivity index (χ0v) is 22.3. The van der Waals surface area contributed by atoms with Gasteiger partial charge in [0.05, 0.1) is 24.0 Å². The van der Waals surface area contributed by atoms with E-state index in [1.165, 1.54) is 10.9 Å². The van der Waals surface area contributed by atoms with Gasteiger partial charge in [-0.25, -0.2) is 4.68 Å². The summed E-state index contributed by atoms with van der Waals surface area (Å²) in [7, 11) is 0. The van der Waals surface area contributed by atoms with E-state index in [1.807, 2.05) is 81.4 Å². The molecule has 0 fully saturated rings. The van der Waals surface area contributed by atoms with E-state index in [2.05, 4.69) is 32.6 Å². The van der Waals surface area contributed by atoms with Crippen LogP contribution in [0.2, 0.25) is 0 Å². The average molecular weight is 530 g/mol. The molecule has 0 aliphatic rings. The van der Waals surface area contributed by atoms with Crippen LogP contribution in [0.1, 0.15) is 22.4 Å². The van der Waals surface area contributed by atoms with Crippen molar-refractivity contribution in [2.75, 3.05) is 5.32 Å². The Morgan fingerprint density at radius 3 is 2.38 bits per heavy atom. The average Bonchev–Trinajstić information content (AvgIpc) is 3.54. The Balaban J connectivity index is 1.28. The lowest BCUT2D eigenvalue weighted by molar-refractivity contribution is -0.115. The second-order valence-corrected chi connectivity index (χ2v) is 9.82. The Labute approximate surface area is 230 Å².